The van der Waals surface area contributed by atoms with E-state index in [1.807, 2.05) is 6.07 Å². The number of carbonyl (C=O) groups is 1. The van der Waals surface area contributed by atoms with E-state index in [2.05, 4.69) is 10.2 Å². The zero-order chi connectivity index (χ0) is 11.8. The summed E-state index contributed by atoms with van der Waals surface area (Å²) in [5.74, 6) is -0.388. The van der Waals surface area contributed by atoms with Crippen molar-refractivity contribution in [2.75, 3.05) is 11.4 Å². The fourth-order valence-corrected chi connectivity index (χ4v) is 2.02. The number of halogens is 1. The van der Waals surface area contributed by atoms with E-state index >= 15 is 0 Å². The number of amides is 1. The minimum absolute atomic E-state index is 0.342. The minimum atomic E-state index is -0.432. The highest BCUT2D eigenvalue weighted by Gasteiger charge is 2.29. The van der Waals surface area contributed by atoms with Crippen molar-refractivity contribution in [3.05, 3.63) is 42.0 Å². The predicted octanol–water partition coefficient (Wildman–Crippen LogP) is 1.45. The highest BCUT2D eigenvalue weighted by molar-refractivity contribution is 5.94. The topological polar surface area (TPSA) is 51.0 Å². The van der Waals surface area contributed by atoms with Crippen molar-refractivity contribution in [3.8, 4) is 0 Å². The van der Waals surface area contributed by atoms with Gasteiger partial charge in [0, 0.05) is 6.54 Å². The molecular formula is C11H9FN4O. The Kier molecular flexibility index (Phi) is 2.14. The lowest BCUT2D eigenvalue weighted by molar-refractivity contribution is 0.242. The normalized spacial score (nSPS) is 13.8. The molecule has 2 aromatic rings. The van der Waals surface area contributed by atoms with Crippen molar-refractivity contribution in [1.82, 2.24) is 15.0 Å². The van der Waals surface area contributed by atoms with Gasteiger partial charge < -0.3 is 0 Å². The summed E-state index contributed by atoms with van der Waals surface area (Å²) in [5.41, 5.74) is 1.18. The number of para-hydroxylation sites is 1. The number of nitrogens with zero attached hydrogens (tertiary/aromatic N) is 4. The van der Waals surface area contributed by atoms with Crippen LogP contribution in [-0.4, -0.2) is 27.6 Å². The maximum atomic E-state index is 13.7. The standard InChI is InChI=1S/C11H9FN4O/c12-9-3-1-2-8-4-7-15(10(8)9)11(17)16-13-5-6-14-16/h1-3,5-6H,4,7H2. The first-order chi connectivity index (χ1) is 8.27. The van der Waals surface area contributed by atoms with Gasteiger partial charge in [-0.05, 0) is 18.1 Å². The van der Waals surface area contributed by atoms with Crippen LogP contribution in [0.15, 0.2) is 30.6 Å². The number of carbonyl (C=O) groups excluding carboxylic acids is 1. The lowest BCUT2D eigenvalue weighted by Crippen LogP contribution is -2.35. The summed E-state index contributed by atoms with van der Waals surface area (Å²) in [5, 5.41) is 7.51. The number of aromatic nitrogens is 3. The van der Waals surface area contributed by atoms with Crippen molar-refractivity contribution in [2.45, 2.75) is 6.42 Å². The van der Waals surface area contributed by atoms with Crippen molar-refractivity contribution in [1.29, 1.82) is 0 Å². The van der Waals surface area contributed by atoms with Gasteiger partial charge in [-0.1, -0.05) is 16.9 Å². The van der Waals surface area contributed by atoms with Crippen molar-refractivity contribution >= 4 is 11.7 Å². The van der Waals surface area contributed by atoms with E-state index in [0.717, 1.165) is 10.4 Å². The molecule has 1 aliphatic rings. The van der Waals surface area contributed by atoms with Gasteiger partial charge in [-0.15, -0.1) is 0 Å². The Morgan fingerprint density at radius 2 is 2.06 bits per heavy atom. The summed E-state index contributed by atoms with van der Waals surface area (Å²) in [6.07, 6.45) is 3.48. The van der Waals surface area contributed by atoms with Crippen LogP contribution in [0.1, 0.15) is 5.56 Å². The second-order valence-electron chi connectivity index (χ2n) is 3.75. The quantitative estimate of drug-likeness (QED) is 0.690. The van der Waals surface area contributed by atoms with E-state index in [-0.39, 0.29) is 5.82 Å². The van der Waals surface area contributed by atoms with E-state index in [1.54, 1.807) is 6.07 Å². The van der Waals surface area contributed by atoms with Crippen LogP contribution in [0, 0.1) is 5.82 Å². The molecule has 0 N–H and O–H groups in total. The third-order valence-corrected chi connectivity index (χ3v) is 2.77. The molecule has 0 saturated heterocycles. The molecule has 0 atom stereocenters. The zero-order valence-electron chi connectivity index (χ0n) is 8.88. The van der Waals surface area contributed by atoms with Crippen LogP contribution in [0.4, 0.5) is 14.9 Å². The third-order valence-electron chi connectivity index (χ3n) is 2.77. The predicted molar refractivity (Wildman–Crippen MR) is 58.3 cm³/mol. The maximum absolute atomic E-state index is 13.7. The second kappa shape index (κ2) is 3.65. The molecule has 0 radical (unpaired) electrons. The van der Waals surface area contributed by atoms with E-state index in [1.165, 1.54) is 23.4 Å². The maximum Gasteiger partial charge on any atom is 0.366 e. The first-order valence-electron chi connectivity index (χ1n) is 5.23. The van der Waals surface area contributed by atoms with E-state index in [9.17, 15) is 9.18 Å². The van der Waals surface area contributed by atoms with E-state index < -0.39 is 6.03 Å². The van der Waals surface area contributed by atoms with Gasteiger partial charge in [-0.3, -0.25) is 4.90 Å². The number of hydrogen-bond donors (Lipinski definition) is 0. The van der Waals surface area contributed by atoms with Crippen LogP contribution in [0.5, 0.6) is 0 Å². The molecule has 0 saturated carbocycles. The van der Waals surface area contributed by atoms with Gasteiger partial charge in [0.15, 0.2) is 0 Å². The molecule has 0 unspecified atom stereocenters. The van der Waals surface area contributed by atoms with Gasteiger partial charge in [0.05, 0.1) is 18.1 Å². The zero-order valence-corrected chi connectivity index (χ0v) is 8.88. The smallest absolute Gasteiger partial charge is 0.288 e. The summed E-state index contributed by atoms with van der Waals surface area (Å²) < 4.78 is 13.7. The fraction of sp³-hybridized carbons (Fsp3) is 0.182. The summed E-state index contributed by atoms with van der Waals surface area (Å²) in [4.78, 5) is 14.3. The van der Waals surface area contributed by atoms with Gasteiger partial charge >= 0.3 is 6.03 Å². The Morgan fingerprint density at radius 3 is 2.82 bits per heavy atom. The highest BCUT2D eigenvalue weighted by Crippen LogP contribution is 2.30. The molecule has 1 aliphatic heterocycles. The number of anilines is 1. The summed E-state index contributed by atoms with van der Waals surface area (Å²) in [6.45, 7) is 0.455. The van der Waals surface area contributed by atoms with Crippen LogP contribution in [0.2, 0.25) is 0 Å². The molecule has 2 heterocycles. The van der Waals surface area contributed by atoms with Crippen molar-refractivity contribution in [2.24, 2.45) is 0 Å². The third kappa shape index (κ3) is 1.49. The molecule has 6 heteroatoms. The largest absolute Gasteiger partial charge is 0.366 e. The molecule has 0 bridgehead atoms. The Bertz CT molecular complexity index is 567. The minimum Gasteiger partial charge on any atom is -0.288 e. The molecule has 1 amide bonds. The number of fused-ring (bicyclic) bond motifs is 1. The summed E-state index contributed by atoms with van der Waals surface area (Å²) in [6, 6.07) is 4.39. The van der Waals surface area contributed by atoms with Crippen LogP contribution >= 0.6 is 0 Å². The number of benzene rings is 1. The Labute approximate surface area is 96.5 Å². The Hall–Kier alpha value is -2.24. The van der Waals surface area contributed by atoms with Crippen LogP contribution in [-0.2, 0) is 6.42 Å². The van der Waals surface area contributed by atoms with E-state index in [0.29, 0.717) is 18.7 Å². The highest BCUT2D eigenvalue weighted by atomic mass is 19.1. The summed E-state index contributed by atoms with van der Waals surface area (Å²) >= 11 is 0. The monoisotopic (exact) mass is 232 g/mol. The second-order valence-corrected chi connectivity index (χ2v) is 3.75. The molecule has 5 nitrogen and oxygen atoms in total. The SMILES string of the molecule is O=C(N1CCc2cccc(F)c21)n1nccn1. The van der Waals surface area contributed by atoms with E-state index in [4.69, 9.17) is 0 Å². The van der Waals surface area contributed by atoms with Gasteiger partial charge in [0.1, 0.15) is 5.82 Å². The van der Waals surface area contributed by atoms with Gasteiger partial charge in [0.2, 0.25) is 0 Å². The van der Waals surface area contributed by atoms with Crippen molar-refractivity contribution in [3.63, 3.8) is 0 Å². The average molecular weight is 232 g/mol. The lowest BCUT2D eigenvalue weighted by atomic mass is 10.2. The van der Waals surface area contributed by atoms with Gasteiger partial charge in [0.25, 0.3) is 0 Å². The van der Waals surface area contributed by atoms with Crippen LogP contribution < -0.4 is 4.90 Å². The Morgan fingerprint density at radius 1 is 1.29 bits per heavy atom. The first kappa shape index (κ1) is 9.95. The molecule has 1 aromatic heterocycles. The van der Waals surface area contributed by atoms with Gasteiger partial charge in [-0.2, -0.15) is 10.2 Å². The first-order valence-corrected chi connectivity index (χ1v) is 5.23. The number of hydrogen-bond acceptors (Lipinski definition) is 3. The lowest BCUT2D eigenvalue weighted by Gasteiger charge is -2.16. The Balaban J connectivity index is 2.02. The number of rotatable bonds is 0. The van der Waals surface area contributed by atoms with Gasteiger partial charge in [-0.25, -0.2) is 9.18 Å². The molecular weight excluding hydrogens is 223 g/mol. The molecule has 3 rings (SSSR count). The van der Waals surface area contributed by atoms with Crippen molar-refractivity contribution < 1.29 is 9.18 Å². The molecule has 1 aromatic carbocycles. The molecule has 0 aliphatic carbocycles. The molecule has 86 valence electrons. The van der Waals surface area contributed by atoms with Crippen LogP contribution in [0.25, 0.3) is 0 Å². The molecule has 0 fully saturated rings. The molecule has 0 spiro atoms. The fourth-order valence-electron chi connectivity index (χ4n) is 2.02. The average Bonchev–Trinajstić information content (AvgIpc) is 2.98. The van der Waals surface area contributed by atoms with Crippen LogP contribution in [0.3, 0.4) is 0 Å². The summed E-state index contributed by atoms with van der Waals surface area (Å²) in [7, 11) is 0. The molecule has 17 heavy (non-hydrogen) atoms.